The highest BCUT2D eigenvalue weighted by atomic mass is 32.2. The van der Waals surface area contributed by atoms with E-state index in [2.05, 4.69) is 25.7 Å². The number of nitrogens with one attached hydrogen (secondary N) is 2. The first-order valence-electron chi connectivity index (χ1n) is 10.2. The van der Waals surface area contributed by atoms with Gasteiger partial charge < -0.3 is 20.5 Å². The summed E-state index contributed by atoms with van der Waals surface area (Å²) in [5.41, 5.74) is 1.76. The van der Waals surface area contributed by atoms with Crippen LogP contribution in [0.4, 0.5) is 17.3 Å². The number of aliphatic hydroxyl groups excluding tert-OH is 1. The Morgan fingerprint density at radius 2 is 2.00 bits per heavy atom. The van der Waals surface area contributed by atoms with Crippen molar-refractivity contribution in [2.24, 2.45) is 7.05 Å². The molecule has 0 saturated heterocycles. The SMILES string of the molecule is CC(=O)Nc1cc(Nc2cc(O[C@H]3C[C@H](O)C3)cc(S(C)(=O)=O)n2)c(-c2ccn(C)n2)cn1. The number of sulfone groups is 1. The molecule has 0 spiro atoms. The molecule has 0 aliphatic heterocycles. The summed E-state index contributed by atoms with van der Waals surface area (Å²) in [7, 11) is -1.84. The van der Waals surface area contributed by atoms with Gasteiger partial charge in [0.15, 0.2) is 14.9 Å². The molecular formula is C21H24N6O5S. The Labute approximate surface area is 190 Å². The van der Waals surface area contributed by atoms with Crippen molar-refractivity contribution in [3.8, 4) is 17.0 Å². The predicted octanol–water partition coefficient (Wildman–Crippen LogP) is 1.88. The molecule has 0 atom stereocenters. The van der Waals surface area contributed by atoms with E-state index < -0.39 is 15.9 Å². The van der Waals surface area contributed by atoms with Crippen LogP contribution in [-0.2, 0) is 21.7 Å². The van der Waals surface area contributed by atoms with Crippen molar-refractivity contribution in [3.05, 3.63) is 36.7 Å². The lowest BCUT2D eigenvalue weighted by atomic mass is 9.92. The zero-order valence-electron chi connectivity index (χ0n) is 18.3. The average Bonchev–Trinajstić information content (AvgIpc) is 3.12. The number of carbonyl (C=O) groups is 1. The van der Waals surface area contributed by atoms with E-state index in [4.69, 9.17) is 4.74 Å². The van der Waals surface area contributed by atoms with Gasteiger partial charge in [-0.15, -0.1) is 0 Å². The number of aryl methyl sites for hydroxylation is 1. The molecule has 1 aliphatic rings. The Balaban J connectivity index is 1.73. The molecule has 12 heteroatoms. The fraction of sp³-hybridized carbons (Fsp3) is 0.333. The van der Waals surface area contributed by atoms with Gasteiger partial charge in [0.05, 0.1) is 17.5 Å². The van der Waals surface area contributed by atoms with Crippen LogP contribution in [0, 0.1) is 0 Å². The molecule has 11 nitrogen and oxygen atoms in total. The van der Waals surface area contributed by atoms with Gasteiger partial charge in [-0.25, -0.2) is 18.4 Å². The maximum atomic E-state index is 12.2. The molecule has 1 fully saturated rings. The number of aromatic nitrogens is 4. The number of anilines is 3. The quantitative estimate of drug-likeness (QED) is 0.469. The van der Waals surface area contributed by atoms with Crippen molar-refractivity contribution in [1.82, 2.24) is 19.7 Å². The molecular weight excluding hydrogens is 448 g/mol. The molecule has 0 radical (unpaired) electrons. The van der Waals surface area contributed by atoms with Gasteiger partial charge >= 0.3 is 0 Å². The highest BCUT2D eigenvalue weighted by Gasteiger charge is 2.29. The summed E-state index contributed by atoms with van der Waals surface area (Å²) in [5, 5.41) is 19.5. The number of rotatable bonds is 7. The van der Waals surface area contributed by atoms with Crippen molar-refractivity contribution in [1.29, 1.82) is 0 Å². The van der Waals surface area contributed by atoms with Crippen molar-refractivity contribution in [2.45, 2.75) is 37.0 Å². The molecule has 1 saturated carbocycles. The second kappa shape index (κ2) is 8.79. The molecule has 3 N–H and O–H groups in total. The fourth-order valence-electron chi connectivity index (χ4n) is 3.34. The number of hydrogen-bond donors (Lipinski definition) is 3. The summed E-state index contributed by atoms with van der Waals surface area (Å²) >= 11 is 0. The van der Waals surface area contributed by atoms with E-state index in [1.807, 2.05) is 0 Å². The van der Waals surface area contributed by atoms with Crippen LogP contribution in [-0.4, -0.2) is 57.6 Å². The van der Waals surface area contributed by atoms with Crippen molar-refractivity contribution in [3.63, 3.8) is 0 Å². The van der Waals surface area contributed by atoms with Gasteiger partial charge in [0.2, 0.25) is 5.91 Å². The van der Waals surface area contributed by atoms with E-state index in [1.54, 1.807) is 42.3 Å². The van der Waals surface area contributed by atoms with Crippen LogP contribution in [0.15, 0.2) is 41.7 Å². The van der Waals surface area contributed by atoms with Crippen molar-refractivity contribution >= 4 is 33.1 Å². The minimum Gasteiger partial charge on any atom is -0.490 e. The molecule has 3 aromatic rings. The number of pyridine rings is 2. The Hall–Kier alpha value is -3.51. The summed E-state index contributed by atoms with van der Waals surface area (Å²) in [4.78, 5) is 20.0. The zero-order chi connectivity index (χ0) is 23.8. The third kappa shape index (κ3) is 5.46. The van der Waals surface area contributed by atoms with E-state index in [0.717, 1.165) is 6.26 Å². The molecule has 33 heavy (non-hydrogen) atoms. The molecule has 3 aromatic heterocycles. The average molecular weight is 473 g/mol. The van der Waals surface area contributed by atoms with Gasteiger partial charge in [-0.05, 0) is 6.07 Å². The van der Waals surface area contributed by atoms with Crippen molar-refractivity contribution in [2.75, 3.05) is 16.9 Å². The molecule has 0 unspecified atom stereocenters. The Morgan fingerprint density at radius 3 is 2.61 bits per heavy atom. The predicted molar refractivity (Wildman–Crippen MR) is 121 cm³/mol. The van der Waals surface area contributed by atoms with E-state index in [0.29, 0.717) is 41.4 Å². The van der Waals surface area contributed by atoms with Gasteiger partial charge in [0.1, 0.15) is 23.5 Å². The van der Waals surface area contributed by atoms with Crippen LogP contribution in [0.5, 0.6) is 5.75 Å². The minimum atomic E-state index is -3.62. The lowest BCUT2D eigenvalue weighted by Gasteiger charge is -2.31. The first-order valence-corrected chi connectivity index (χ1v) is 12.1. The van der Waals surface area contributed by atoms with E-state index in [9.17, 15) is 18.3 Å². The first-order chi connectivity index (χ1) is 15.6. The number of hydrogen-bond acceptors (Lipinski definition) is 9. The number of ether oxygens (including phenoxy) is 1. The molecule has 3 heterocycles. The van der Waals surface area contributed by atoms with Crippen LogP contribution in [0.3, 0.4) is 0 Å². The molecule has 174 valence electrons. The summed E-state index contributed by atoms with van der Waals surface area (Å²) < 4.78 is 31.9. The number of amides is 1. The second-order valence-electron chi connectivity index (χ2n) is 7.96. The smallest absolute Gasteiger partial charge is 0.222 e. The Morgan fingerprint density at radius 1 is 1.24 bits per heavy atom. The summed E-state index contributed by atoms with van der Waals surface area (Å²) in [5.74, 6) is 0.573. The highest BCUT2D eigenvalue weighted by molar-refractivity contribution is 7.90. The van der Waals surface area contributed by atoms with Gasteiger partial charge in [0.25, 0.3) is 0 Å². The van der Waals surface area contributed by atoms with Gasteiger partial charge in [0, 0.05) is 69.2 Å². The summed E-state index contributed by atoms with van der Waals surface area (Å²) in [6, 6.07) is 6.36. The maximum Gasteiger partial charge on any atom is 0.222 e. The third-order valence-electron chi connectivity index (χ3n) is 4.99. The van der Waals surface area contributed by atoms with Gasteiger partial charge in [-0.3, -0.25) is 9.48 Å². The monoisotopic (exact) mass is 472 g/mol. The lowest BCUT2D eigenvalue weighted by molar-refractivity contribution is -0.114. The molecule has 1 aliphatic carbocycles. The number of aliphatic hydroxyl groups is 1. The van der Waals surface area contributed by atoms with E-state index in [-0.39, 0.29) is 22.9 Å². The molecule has 0 bridgehead atoms. The fourth-order valence-corrected chi connectivity index (χ4v) is 3.93. The lowest BCUT2D eigenvalue weighted by Crippen LogP contribution is -2.37. The molecule has 0 aromatic carbocycles. The highest BCUT2D eigenvalue weighted by Crippen LogP contribution is 2.33. The van der Waals surface area contributed by atoms with E-state index in [1.165, 1.54) is 13.0 Å². The van der Waals surface area contributed by atoms with Crippen LogP contribution in [0.25, 0.3) is 11.3 Å². The van der Waals surface area contributed by atoms with Crippen LogP contribution in [0.1, 0.15) is 19.8 Å². The summed E-state index contributed by atoms with van der Waals surface area (Å²) in [6.45, 7) is 1.37. The van der Waals surface area contributed by atoms with Crippen molar-refractivity contribution < 1.29 is 23.1 Å². The third-order valence-corrected chi connectivity index (χ3v) is 5.96. The number of carbonyl (C=O) groups excluding carboxylic acids is 1. The summed E-state index contributed by atoms with van der Waals surface area (Å²) in [6.07, 6.45) is 4.76. The van der Waals surface area contributed by atoms with Gasteiger partial charge in [-0.1, -0.05) is 0 Å². The van der Waals surface area contributed by atoms with Crippen LogP contribution in [0.2, 0.25) is 0 Å². The zero-order valence-corrected chi connectivity index (χ0v) is 19.1. The topological polar surface area (TPSA) is 148 Å². The first kappa shape index (κ1) is 22.7. The van der Waals surface area contributed by atoms with Crippen LogP contribution < -0.4 is 15.4 Å². The second-order valence-corrected chi connectivity index (χ2v) is 9.92. The molecule has 1 amide bonds. The van der Waals surface area contributed by atoms with E-state index >= 15 is 0 Å². The Kier molecular flexibility index (Phi) is 6.04. The van der Waals surface area contributed by atoms with Crippen LogP contribution >= 0.6 is 0 Å². The normalized spacial score (nSPS) is 17.8. The van der Waals surface area contributed by atoms with Gasteiger partial charge in [-0.2, -0.15) is 5.10 Å². The largest absolute Gasteiger partial charge is 0.490 e. The number of nitrogens with zero attached hydrogens (tertiary/aromatic N) is 4. The minimum absolute atomic E-state index is 0.155. The maximum absolute atomic E-state index is 12.2. The standard InChI is InChI=1S/C21H24N6O5S/c1-12(28)23-19-10-18(16(11-22-19)17-4-5-27(2)26-17)24-20-8-15(32-14-6-13(29)7-14)9-21(25-20)33(3,30)31/h4-5,8-11,13-14,29H,6-7H2,1-3H3,(H2,22,23,24,25,28)/t13-,14-. The Bertz CT molecular complexity index is 1300. The molecule has 4 rings (SSSR count).